The molecule has 4 heteroatoms. The molecule has 0 saturated heterocycles. The summed E-state index contributed by atoms with van der Waals surface area (Å²) in [5.41, 5.74) is 2.93. The molecule has 0 fully saturated rings. The summed E-state index contributed by atoms with van der Waals surface area (Å²) in [7, 11) is 0. The molecule has 0 bridgehead atoms. The Morgan fingerprint density at radius 2 is 0.667 bits per heavy atom. The zero-order valence-corrected chi connectivity index (χ0v) is 15.6. The molecule has 30 heavy (non-hydrogen) atoms. The standard InChI is InChI=1S/C26H14F4/c27-17-5-1-15(2-6-17)25-21-11-9-19(29)13-23(21)24-14-20(30)10-12-22(24)26(25)16-3-7-18(28)8-4-16/h1-14H. The Bertz CT molecular complexity index is 1290. The number of rotatable bonds is 2. The van der Waals surface area contributed by atoms with Crippen molar-refractivity contribution in [2.24, 2.45) is 0 Å². The van der Waals surface area contributed by atoms with Crippen molar-refractivity contribution in [1.82, 2.24) is 0 Å². The molecule has 0 N–H and O–H groups in total. The van der Waals surface area contributed by atoms with Crippen LogP contribution in [0.3, 0.4) is 0 Å². The van der Waals surface area contributed by atoms with E-state index in [0.717, 1.165) is 22.3 Å². The van der Waals surface area contributed by atoms with Crippen molar-refractivity contribution in [2.75, 3.05) is 0 Å². The van der Waals surface area contributed by atoms with Gasteiger partial charge in [0.15, 0.2) is 0 Å². The molecule has 5 rings (SSSR count). The predicted molar refractivity (Wildman–Crippen MR) is 112 cm³/mol. The van der Waals surface area contributed by atoms with Gasteiger partial charge in [-0.1, -0.05) is 36.4 Å². The molecule has 0 amide bonds. The predicted octanol–water partition coefficient (Wildman–Crippen LogP) is 7.88. The van der Waals surface area contributed by atoms with Crippen LogP contribution in [0.2, 0.25) is 0 Å². The molecular weight excluding hydrogens is 388 g/mol. The molecule has 0 atom stereocenters. The first-order valence-corrected chi connectivity index (χ1v) is 9.37. The first-order chi connectivity index (χ1) is 14.5. The Hall–Kier alpha value is -3.66. The quantitative estimate of drug-likeness (QED) is 0.208. The fourth-order valence-corrected chi connectivity index (χ4v) is 4.02. The van der Waals surface area contributed by atoms with Crippen molar-refractivity contribution in [3.05, 3.63) is 108 Å². The van der Waals surface area contributed by atoms with Crippen LogP contribution in [0.15, 0.2) is 84.9 Å². The van der Waals surface area contributed by atoms with Crippen LogP contribution in [0.1, 0.15) is 0 Å². The minimum Gasteiger partial charge on any atom is -0.207 e. The van der Waals surface area contributed by atoms with Gasteiger partial charge in [0.05, 0.1) is 0 Å². The summed E-state index contributed by atoms with van der Waals surface area (Å²) in [6, 6.07) is 20.7. The Labute approximate surface area is 170 Å². The summed E-state index contributed by atoms with van der Waals surface area (Å²) in [5.74, 6) is -1.62. The summed E-state index contributed by atoms with van der Waals surface area (Å²) in [6.45, 7) is 0. The molecule has 5 aromatic carbocycles. The lowest BCUT2D eigenvalue weighted by Gasteiger charge is -2.18. The van der Waals surface area contributed by atoms with Gasteiger partial charge in [0, 0.05) is 0 Å². The molecular formula is C26H14F4. The summed E-state index contributed by atoms with van der Waals surface area (Å²) in [4.78, 5) is 0. The molecule has 0 nitrogen and oxygen atoms in total. The first-order valence-electron chi connectivity index (χ1n) is 9.37. The molecule has 146 valence electrons. The molecule has 0 heterocycles. The third-order valence-corrected chi connectivity index (χ3v) is 5.31. The van der Waals surface area contributed by atoms with Crippen molar-refractivity contribution >= 4 is 21.5 Å². The molecule has 0 unspecified atom stereocenters. The van der Waals surface area contributed by atoms with Crippen LogP contribution in [-0.4, -0.2) is 0 Å². The minimum absolute atomic E-state index is 0.375. The maximum Gasteiger partial charge on any atom is 0.123 e. The monoisotopic (exact) mass is 402 g/mol. The number of benzene rings is 5. The summed E-state index contributed by atoms with van der Waals surface area (Å²) in [5, 5.41) is 2.49. The number of hydrogen-bond acceptors (Lipinski definition) is 0. The Morgan fingerprint density at radius 3 is 1.03 bits per heavy atom. The average Bonchev–Trinajstić information content (AvgIpc) is 2.74. The number of hydrogen-bond donors (Lipinski definition) is 0. The molecule has 0 aliphatic carbocycles. The summed E-state index contributed by atoms with van der Waals surface area (Å²) >= 11 is 0. The van der Waals surface area contributed by atoms with Crippen LogP contribution in [0, 0.1) is 23.3 Å². The van der Waals surface area contributed by atoms with Gasteiger partial charge >= 0.3 is 0 Å². The van der Waals surface area contributed by atoms with Gasteiger partial charge in [-0.3, -0.25) is 0 Å². The van der Waals surface area contributed by atoms with E-state index in [0.29, 0.717) is 21.5 Å². The third kappa shape index (κ3) is 3.01. The highest BCUT2D eigenvalue weighted by Crippen LogP contribution is 2.44. The van der Waals surface area contributed by atoms with E-state index in [4.69, 9.17) is 0 Å². The second-order valence-electron chi connectivity index (χ2n) is 7.14. The van der Waals surface area contributed by atoms with Crippen molar-refractivity contribution in [1.29, 1.82) is 0 Å². The van der Waals surface area contributed by atoms with Gasteiger partial charge in [-0.15, -0.1) is 0 Å². The lowest BCUT2D eigenvalue weighted by molar-refractivity contribution is 0.627. The van der Waals surface area contributed by atoms with Gasteiger partial charge in [0.1, 0.15) is 23.3 Å². The lowest BCUT2D eigenvalue weighted by Crippen LogP contribution is -1.93. The van der Waals surface area contributed by atoms with E-state index in [9.17, 15) is 17.6 Å². The Kier molecular flexibility index (Phi) is 4.28. The molecule has 0 aliphatic rings. The van der Waals surface area contributed by atoms with Gasteiger partial charge < -0.3 is 0 Å². The smallest absolute Gasteiger partial charge is 0.123 e. The van der Waals surface area contributed by atoms with E-state index in [-0.39, 0.29) is 11.6 Å². The SMILES string of the molecule is Fc1ccc(-c2c(-c3ccc(F)cc3)c3ccc(F)cc3c3cc(F)ccc23)cc1. The van der Waals surface area contributed by atoms with Crippen molar-refractivity contribution in [2.45, 2.75) is 0 Å². The Morgan fingerprint density at radius 1 is 0.333 bits per heavy atom. The van der Waals surface area contributed by atoms with Gasteiger partial charge in [-0.25, -0.2) is 17.6 Å². The number of halogens is 4. The second kappa shape index (κ2) is 6.99. The third-order valence-electron chi connectivity index (χ3n) is 5.31. The van der Waals surface area contributed by atoms with Crippen molar-refractivity contribution in [3.8, 4) is 22.3 Å². The average molecular weight is 402 g/mol. The van der Waals surface area contributed by atoms with E-state index < -0.39 is 11.6 Å². The Balaban J connectivity index is 2.02. The first kappa shape index (κ1) is 18.4. The van der Waals surface area contributed by atoms with Crippen LogP contribution >= 0.6 is 0 Å². The molecule has 0 aliphatic heterocycles. The fourth-order valence-electron chi connectivity index (χ4n) is 4.02. The molecule has 0 spiro atoms. The van der Waals surface area contributed by atoms with E-state index in [1.165, 1.54) is 48.5 Å². The fraction of sp³-hybridized carbons (Fsp3) is 0. The minimum atomic E-state index is -0.437. The zero-order chi connectivity index (χ0) is 20.8. The van der Waals surface area contributed by atoms with E-state index in [2.05, 4.69) is 0 Å². The maximum atomic E-state index is 14.1. The highest BCUT2D eigenvalue weighted by atomic mass is 19.1. The van der Waals surface area contributed by atoms with Crippen molar-refractivity contribution in [3.63, 3.8) is 0 Å². The van der Waals surface area contributed by atoms with E-state index >= 15 is 0 Å². The molecule has 0 saturated carbocycles. The van der Waals surface area contributed by atoms with E-state index in [1.54, 1.807) is 36.4 Å². The van der Waals surface area contributed by atoms with Gasteiger partial charge in [-0.2, -0.15) is 0 Å². The van der Waals surface area contributed by atoms with Crippen molar-refractivity contribution < 1.29 is 17.6 Å². The number of fused-ring (bicyclic) bond motifs is 3. The van der Waals surface area contributed by atoms with Gasteiger partial charge in [0.25, 0.3) is 0 Å². The largest absolute Gasteiger partial charge is 0.207 e. The topological polar surface area (TPSA) is 0 Å². The van der Waals surface area contributed by atoms with Crippen LogP contribution in [0.5, 0.6) is 0 Å². The highest BCUT2D eigenvalue weighted by Gasteiger charge is 2.18. The highest BCUT2D eigenvalue weighted by molar-refractivity contribution is 6.21. The summed E-state index contributed by atoms with van der Waals surface area (Å²) in [6.07, 6.45) is 0. The normalized spacial score (nSPS) is 11.3. The van der Waals surface area contributed by atoms with E-state index in [1.807, 2.05) is 0 Å². The second-order valence-corrected chi connectivity index (χ2v) is 7.14. The maximum absolute atomic E-state index is 14.1. The van der Waals surface area contributed by atoms with Gasteiger partial charge in [0.2, 0.25) is 0 Å². The van der Waals surface area contributed by atoms with Crippen LogP contribution in [-0.2, 0) is 0 Å². The van der Waals surface area contributed by atoms with Crippen LogP contribution < -0.4 is 0 Å². The van der Waals surface area contributed by atoms with Crippen LogP contribution in [0.25, 0.3) is 43.8 Å². The lowest BCUT2D eigenvalue weighted by atomic mass is 9.85. The molecule has 5 aromatic rings. The zero-order valence-electron chi connectivity index (χ0n) is 15.6. The van der Waals surface area contributed by atoms with Crippen LogP contribution in [0.4, 0.5) is 17.6 Å². The molecule has 0 radical (unpaired) electrons. The summed E-state index contributed by atoms with van der Waals surface area (Å²) < 4.78 is 55.5. The van der Waals surface area contributed by atoms with Gasteiger partial charge in [-0.05, 0) is 92.3 Å². The molecule has 0 aromatic heterocycles.